The van der Waals surface area contributed by atoms with Gasteiger partial charge < -0.3 is 5.73 Å². The molecule has 0 saturated carbocycles. The van der Waals surface area contributed by atoms with E-state index in [2.05, 4.69) is 52.3 Å². The van der Waals surface area contributed by atoms with Crippen molar-refractivity contribution >= 4 is 30.9 Å². The van der Waals surface area contributed by atoms with Crippen LogP contribution in [0.5, 0.6) is 0 Å². The number of anilines is 1. The van der Waals surface area contributed by atoms with E-state index < -0.39 is 0 Å². The van der Waals surface area contributed by atoms with Crippen LogP contribution in [0, 0.1) is 5.92 Å². The molecule has 0 heterocycles. The Labute approximate surface area is 121 Å². The fraction of sp³-hybridized carbons (Fsp3) is 0.200. The van der Waals surface area contributed by atoms with Crippen LogP contribution in [0.2, 0.25) is 0 Å². The second-order valence-corrected chi connectivity index (χ2v) is 4.93. The third-order valence-corrected chi connectivity index (χ3v) is 3.12. The summed E-state index contributed by atoms with van der Waals surface area (Å²) >= 11 is 8.31. The second kappa shape index (κ2) is 8.95. The van der Waals surface area contributed by atoms with E-state index in [-0.39, 0.29) is 0 Å². The molecule has 2 N–H and O–H groups in total. The van der Waals surface area contributed by atoms with Gasteiger partial charge in [0.1, 0.15) is 0 Å². The van der Waals surface area contributed by atoms with Gasteiger partial charge in [0, 0.05) is 15.5 Å². The molecule has 18 heavy (non-hydrogen) atoms. The van der Waals surface area contributed by atoms with Crippen LogP contribution >= 0.6 is 25.3 Å². The zero-order valence-corrected chi connectivity index (χ0v) is 12.7. The molecule has 3 heteroatoms. The predicted molar refractivity (Wildman–Crippen MR) is 89.4 cm³/mol. The highest BCUT2D eigenvalue weighted by Crippen LogP contribution is 2.18. The van der Waals surface area contributed by atoms with Gasteiger partial charge in [0.05, 0.1) is 0 Å². The zero-order chi connectivity index (χ0) is 14.1. The summed E-state index contributed by atoms with van der Waals surface area (Å²) in [6.07, 6.45) is 3.56. The van der Waals surface area contributed by atoms with Crippen molar-refractivity contribution in [3.05, 3.63) is 60.1 Å². The lowest BCUT2D eigenvalue weighted by Crippen LogP contribution is -1.91. The van der Waals surface area contributed by atoms with Gasteiger partial charge in [-0.05, 0) is 23.6 Å². The molecule has 0 unspecified atom stereocenters. The van der Waals surface area contributed by atoms with E-state index in [1.165, 1.54) is 0 Å². The molecule has 1 rings (SSSR count). The molecule has 1 nitrogen and oxygen atoms in total. The van der Waals surface area contributed by atoms with Gasteiger partial charge in [0.15, 0.2) is 0 Å². The number of benzene rings is 1. The molecule has 0 aliphatic carbocycles. The Morgan fingerprint density at radius 2 is 1.78 bits per heavy atom. The molecule has 98 valence electrons. The molecule has 0 atom stereocenters. The van der Waals surface area contributed by atoms with Crippen molar-refractivity contribution in [2.24, 2.45) is 5.92 Å². The van der Waals surface area contributed by atoms with Crippen molar-refractivity contribution < 1.29 is 0 Å². The van der Waals surface area contributed by atoms with Gasteiger partial charge in [-0.25, -0.2) is 0 Å². The highest BCUT2D eigenvalue weighted by atomic mass is 32.1. The Hall–Kier alpha value is -1.06. The van der Waals surface area contributed by atoms with Crippen LogP contribution < -0.4 is 5.73 Å². The molecule has 0 aliphatic rings. The molecule has 1 aromatic carbocycles. The highest BCUT2D eigenvalue weighted by Gasteiger charge is 2.00. The average molecular weight is 279 g/mol. The van der Waals surface area contributed by atoms with Crippen molar-refractivity contribution in [1.82, 2.24) is 0 Å². The first kappa shape index (κ1) is 16.9. The van der Waals surface area contributed by atoms with Crippen LogP contribution in [-0.2, 0) is 0 Å². The van der Waals surface area contributed by atoms with Gasteiger partial charge >= 0.3 is 0 Å². The SMILES string of the molecule is C=C/C(S)=C(\C=C)C(C)C.Nc1ccccc1S. The Bertz CT molecular complexity index is 413. The van der Waals surface area contributed by atoms with Gasteiger partial charge in [0.2, 0.25) is 0 Å². The third kappa shape index (κ3) is 6.03. The summed E-state index contributed by atoms with van der Waals surface area (Å²) in [4.78, 5) is 1.76. The number of para-hydroxylation sites is 1. The normalized spacial score (nSPS) is 11.2. The topological polar surface area (TPSA) is 26.0 Å². The van der Waals surface area contributed by atoms with Crippen LogP contribution in [0.15, 0.2) is 64.9 Å². The van der Waals surface area contributed by atoms with Crippen LogP contribution in [-0.4, -0.2) is 0 Å². The maximum atomic E-state index is 5.44. The quantitative estimate of drug-likeness (QED) is 0.415. The van der Waals surface area contributed by atoms with Crippen molar-refractivity contribution in [1.29, 1.82) is 0 Å². The third-order valence-electron chi connectivity index (χ3n) is 2.27. The molecule has 0 aromatic heterocycles. The lowest BCUT2D eigenvalue weighted by Gasteiger charge is -2.07. The fourth-order valence-corrected chi connectivity index (χ4v) is 1.75. The Balaban J connectivity index is 0.000000327. The Morgan fingerprint density at radius 3 is 2.00 bits per heavy atom. The van der Waals surface area contributed by atoms with Crippen molar-refractivity contribution in [3.63, 3.8) is 0 Å². The molecular weight excluding hydrogens is 258 g/mol. The molecule has 0 aliphatic heterocycles. The minimum absolute atomic E-state index is 0.475. The first-order valence-corrected chi connectivity index (χ1v) is 6.54. The summed E-state index contributed by atoms with van der Waals surface area (Å²) in [7, 11) is 0. The van der Waals surface area contributed by atoms with E-state index in [4.69, 9.17) is 5.73 Å². The molecule has 0 radical (unpaired) electrons. The molecule has 0 saturated heterocycles. The average Bonchev–Trinajstić information content (AvgIpc) is 2.34. The number of nitrogen functional groups attached to an aromatic ring is 1. The number of thiol groups is 2. The minimum Gasteiger partial charge on any atom is -0.398 e. The summed E-state index contributed by atoms with van der Waals surface area (Å²) in [5.74, 6) is 0.475. The van der Waals surface area contributed by atoms with Crippen molar-refractivity contribution in [3.8, 4) is 0 Å². The van der Waals surface area contributed by atoms with Gasteiger partial charge in [0.25, 0.3) is 0 Å². The second-order valence-electron chi connectivity index (χ2n) is 3.96. The standard InChI is InChI=1S/C9H14S.C6H7NS/c1-5-8(7(3)4)9(10)6-2;7-5-3-1-2-4-6(5)8/h5-7,10H,1-2H2,3-4H3;1-4,8H,7H2/b9-8-;. The Kier molecular flexibility index (Phi) is 8.42. The number of allylic oxidation sites excluding steroid dienone is 3. The van der Waals surface area contributed by atoms with E-state index in [9.17, 15) is 0 Å². The van der Waals surface area contributed by atoms with E-state index in [0.29, 0.717) is 5.92 Å². The number of hydrogen-bond donors (Lipinski definition) is 3. The maximum absolute atomic E-state index is 5.44. The zero-order valence-electron chi connectivity index (χ0n) is 10.9. The van der Waals surface area contributed by atoms with Crippen molar-refractivity contribution in [2.45, 2.75) is 18.7 Å². The summed E-state index contributed by atoms with van der Waals surface area (Å²) in [6, 6.07) is 7.47. The van der Waals surface area contributed by atoms with Crippen molar-refractivity contribution in [2.75, 3.05) is 5.73 Å². The molecule has 0 spiro atoms. The van der Waals surface area contributed by atoms with Gasteiger partial charge in [-0.3, -0.25) is 0 Å². The van der Waals surface area contributed by atoms with Gasteiger partial charge in [-0.1, -0.05) is 51.3 Å². The number of nitrogens with two attached hydrogens (primary N) is 1. The Morgan fingerprint density at radius 1 is 1.22 bits per heavy atom. The summed E-state index contributed by atoms with van der Waals surface area (Å²) in [6.45, 7) is 11.5. The van der Waals surface area contributed by atoms with E-state index >= 15 is 0 Å². The van der Waals surface area contributed by atoms with Crippen LogP contribution in [0.1, 0.15) is 13.8 Å². The summed E-state index contributed by atoms with van der Waals surface area (Å²) < 4.78 is 0. The smallest absolute Gasteiger partial charge is 0.0449 e. The summed E-state index contributed by atoms with van der Waals surface area (Å²) in [5, 5.41) is 0. The maximum Gasteiger partial charge on any atom is 0.0449 e. The lowest BCUT2D eigenvalue weighted by atomic mass is 10.0. The number of rotatable bonds is 3. The van der Waals surface area contributed by atoms with E-state index in [1.807, 2.05) is 30.3 Å². The molecule has 0 amide bonds. The van der Waals surface area contributed by atoms with Gasteiger partial charge in [-0.15, -0.1) is 25.3 Å². The molecule has 0 bridgehead atoms. The monoisotopic (exact) mass is 279 g/mol. The lowest BCUT2D eigenvalue weighted by molar-refractivity contribution is 0.791. The van der Waals surface area contributed by atoms with Crippen LogP contribution in [0.25, 0.3) is 0 Å². The first-order valence-electron chi connectivity index (χ1n) is 5.65. The van der Waals surface area contributed by atoms with Gasteiger partial charge in [-0.2, -0.15) is 0 Å². The fourth-order valence-electron chi connectivity index (χ4n) is 1.24. The summed E-state index contributed by atoms with van der Waals surface area (Å²) in [5.41, 5.74) is 7.33. The largest absolute Gasteiger partial charge is 0.398 e. The van der Waals surface area contributed by atoms with E-state index in [1.54, 1.807) is 6.08 Å². The predicted octanol–water partition coefficient (Wildman–Crippen LogP) is 4.76. The molecule has 1 aromatic rings. The van der Waals surface area contributed by atoms with Crippen LogP contribution in [0.3, 0.4) is 0 Å². The van der Waals surface area contributed by atoms with E-state index in [0.717, 1.165) is 21.1 Å². The minimum atomic E-state index is 0.475. The number of hydrogen-bond acceptors (Lipinski definition) is 3. The highest BCUT2D eigenvalue weighted by molar-refractivity contribution is 7.84. The molecule has 0 fully saturated rings. The van der Waals surface area contributed by atoms with Crippen LogP contribution in [0.4, 0.5) is 5.69 Å². The first-order chi connectivity index (χ1) is 8.43. The molecular formula is C15H21NS2.